The number of rotatable bonds is 6. The molecule has 2 heterocycles. The Balaban J connectivity index is 1.64. The van der Waals surface area contributed by atoms with Gasteiger partial charge in [-0.3, -0.25) is 0 Å². The molecule has 0 bridgehead atoms. The normalized spacial score (nSPS) is 19.8. The van der Waals surface area contributed by atoms with Crippen LogP contribution in [0.1, 0.15) is 50.1 Å². The van der Waals surface area contributed by atoms with Crippen LogP contribution in [0.4, 0.5) is 0 Å². The van der Waals surface area contributed by atoms with Crippen LogP contribution >= 0.6 is 0 Å². The molecule has 4 nitrogen and oxygen atoms in total. The Morgan fingerprint density at radius 3 is 2.64 bits per heavy atom. The summed E-state index contributed by atoms with van der Waals surface area (Å²) < 4.78 is 8.09. The molecule has 0 saturated heterocycles. The standard InChI is InChI=1S/C24H27N3O/c1-4-28-22(19-10-6-5-7-11-19)16-24(3)15-20-17-26-27(21(20)14-18(24)2)23-12-8-9-13-25-23/h5-14,17,22H,4,15-16H2,1-3H3/t22-,24-/m1/s1. The van der Waals surface area contributed by atoms with Crippen molar-refractivity contribution in [3.63, 3.8) is 0 Å². The lowest BCUT2D eigenvalue weighted by molar-refractivity contribution is 0.0324. The molecule has 1 aliphatic carbocycles. The van der Waals surface area contributed by atoms with Crippen LogP contribution in [0.25, 0.3) is 11.9 Å². The van der Waals surface area contributed by atoms with Crippen molar-refractivity contribution in [2.45, 2.75) is 39.7 Å². The third-order valence-corrected chi connectivity index (χ3v) is 5.81. The van der Waals surface area contributed by atoms with E-state index in [4.69, 9.17) is 4.74 Å². The van der Waals surface area contributed by atoms with Crippen LogP contribution < -0.4 is 0 Å². The van der Waals surface area contributed by atoms with E-state index >= 15 is 0 Å². The van der Waals surface area contributed by atoms with Crippen LogP contribution in [0.15, 0.2) is 66.5 Å². The summed E-state index contributed by atoms with van der Waals surface area (Å²) in [5.74, 6) is 0.855. The molecule has 0 unspecified atom stereocenters. The first-order valence-electron chi connectivity index (χ1n) is 9.94. The van der Waals surface area contributed by atoms with Gasteiger partial charge in [-0.1, -0.05) is 48.9 Å². The van der Waals surface area contributed by atoms with Gasteiger partial charge in [0.05, 0.1) is 18.0 Å². The van der Waals surface area contributed by atoms with E-state index in [1.807, 2.05) is 29.1 Å². The molecule has 1 aliphatic rings. The molecule has 0 N–H and O–H groups in total. The number of pyridine rings is 1. The van der Waals surface area contributed by atoms with Crippen LogP contribution in [-0.2, 0) is 11.2 Å². The van der Waals surface area contributed by atoms with Gasteiger partial charge in [-0.25, -0.2) is 9.67 Å². The summed E-state index contributed by atoms with van der Waals surface area (Å²) >= 11 is 0. The highest BCUT2D eigenvalue weighted by Gasteiger charge is 2.35. The first-order valence-corrected chi connectivity index (χ1v) is 9.94. The maximum Gasteiger partial charge on any atom is 0.153 e. The molecule has 2 aromatic heterocycles. The first-order chi connectivity index (χ1) is 13.6. The fraction of sp³-hybridized carbons (Fsp3) is 0.333. The molecule has 0 radical (unpaired) electrons. The van der Waals surface area contributed by atoms with Crippen LogP contribution in [-0.4, -0.2) is 21.4 Å². The van der Waals surface area contributed by atoms with Crippen molar-refractivity contribution in [3.05, 3.63) is 83.3 Å². The van der Waals surface area contributed by atoms with E-state index < -0.39 is 0 Å². The molecule has 0 aliphatic heterocycles. The number of ether oxygens (including phenoxy) is 1. The average molecular weight is 374 g/mol. The van der Waals surface area contributed by atoms with Gasteiger partial charge < -0.3 is 4.74 Å². The summed E-state index contributed by atoms with van der Waals surface area (Å²) in [4.78, 5) is 4.45. The number of hydrogen-bond acceptors (Lipinski definition) is 3. The topological polar surface area (TPSA) is 39.9 Å². The van der Waals surface area contributed by atoms with Crippen molar-refractivity contribution in [2.24, 2.45) is 5.41 Å². The molecular weight excluding hydrogens is 346 g/mol. The number of benzene rings is 1. The minimum absolute atomic E-state index is 0.0284. The van der Waals surface area contributed by atoms with Gasteiger partial charge in [-0.05, 0) is 61.4 Å². The second-order valence-electron chi connectivity index (χ2n) is 7.78. The number of hydrogen-bond donors (Lipinski definition) is 0. The van der Waals surface area contributed by atoms with Crippen LogP contribution in [0.3, 0.4) is 0 Å². The monoisotopic (exact) mass is 373 g/mol. The van der Waals surface area contributed by atoms with Crippen LogP contribution in [0.2, 0.25) is 0 Å². The summed E-state index contributed by atoms with van der Waals surface area (Å²) in [5.41, 5.74) is 5.04. The van der Waals surface area contributed by atoms with E-state index in [1.165, 1.54) is 16.7 Å². The third kappa shape index (κ3) is 3.52. The average Bonchev–Trinajstić information content (AvgIpc) is 3.11. The maximum atomic E-state index is 6.15. The van der Waals surface area contributed by atoms with Gasteiger partial charge in [0.25, 0.3) is 0 Å². The fourth-order valence-corrected chi connectivity index (χ4v) is 4.07. The molecule has 2 atom stereocenters. The minimum Gasteiger partial charge on any atom is -0.374 e. The van der Waals surface area contributed by atoms with Crippen molar-refractivity contribution >= 4 is 6.08 Å². The Bertz CT molecular complexity index is 962. The van der Waals surface area contributed by atoms with Crippen molar-refractivity contribution in [2.75, 3.05) is 6.61 Å². The summed E-state index contributed by atoms with van der Waals surface area (Å²) in [6.07, 6.45) is 8.05. The predicted molar refractivity (Wildman–Crippen MR) is 112 cm³/mol. The summed E-state index contributed by atoms with van der Waals surface area (Å²) in [5, 5.41) is 4.62. The van der Waals surface area contributed by atoms with Gasteiger partial charge >= 0.3 is 0 Å². The lowest BCUT2D eigenvalue weighted by atomic mass is 9.70. The van der Waals surface area contributed by atoms with Crippen molar-refractivity contribution < 1.29 is 4.74 Å². The molecule has 0 amide bonds. The second kappa shape index (κ2) is 7.72. The number of aromatic nitrogens is 3. The summed E-state index contributed by atoms with van der Waals surface area (Å²) in [7, 11) is 0. The zero-order valence-electron chi connectivity index (χ0n) is 16.8. The van der Waals surface area contributed by atoms with Crippen molar-refractivity contribution in [1.82, 2.24) is 14.8 Å². The largest absolute Gasteiger partial charge is 0.374 e. The highest BCUT2D eigenvalue weighted by Crippen LogP contribution is 2.45. The Hall–Kier alpha value is -2.72. The maximum absolute atomic E-state index is 6.15. The van der Waals surface area contributed by atoms with E-state index in [0.29, 0.717) is 6.61 Å². The predicted octanol–water partition coefficient (Wildman–Crippen LogP) is 5.40. The molecule has 4 rings (SSSR count). The number of allylic oxidation sites excluding steroid dienone is 1. The smallest absolute Gasteiger partial charge is 0.153 e. The van der Waals surface area contributed by atoms with Crippen molar-refractivity contribution in [1.29, 1.82) is 0 Å². The molecule has 0 fully saturated rings. The van der Waals surface area contributed by atoms with E-state index in [1.54, 1.807) is 6.20 Å². The molecular formula is C24H27N3O. The van der Waals surface area contributed by atoms with E-state index in [2.05, 4.69) is 67.3 Å². The summed E-state index contributed by atoms with van der Waals surface area (Å²) in [6.45, 7) is 7.35. The Morgan fingerprint density at radius 2 is 1.93 bits per heavy atom. The van der Waals surface area contributed by atoms with Gasteiger partial charge in [0, 0.05) is 12.8 Å². The quantitative estimate of drug-likeness (QED) is 0.581. The van der Waals surface area contributed by atoms with Gasteiger partial charge in [0.1, 0.15) is 0 Å². The van der Waals surface area contributed by atoms with Gasteiger partial charge in [-0.2, -0.15) is 5.10 Å². The van der Waals surface area contributed by atoms with Gasteiger partial charge in [0.2, 0.25) is 0 Å². The Labute approximate surface area is 166 Å². The first kappa shape index (κ1) is 18.6. The zero-order chi connectivity index (χ0) is 19.6. The second-order valence-corrected chi connectivity index (χ2v) is 7.78. The van der Waals surface area contributed by atoms with Crippen LogP contribution in [0.5, 0.6) is 0 Å². The third-order valence-electron chi connectivity index (χ3n) is 5.81. The highest BCUT2D eigenvalue weighted by atomic mass is 16.5. The van der Waals surface area contributed by atoms with E-state index in [0.717, 1.165) is 24.4 Å². The molecule has 4 heteroatoms. The van der Waals surface area contributed by atoms with Crippen LogP contribution in [0, 0.1) is 5.41 Å². The highest BCUT2D eigenvalue weighted by molar-refractivity contribution is 5.59. The zero-order valence-corrected chi connectivity index (χ0v) is 16.8. The van der Waals surface area contributed by atoms with Crippen molar-refractivity contribution in [3.8, 4) is 5.82 Å². The molecule has 144 valence electrons. The SMILES string of the molecule is CCO[C@H](C[C@@]1(C)Cc2cnn(-c3ccccn3)c2C=C1C)c1ccccc1. The molecule has 1 aromatic carbocycles. The molecule has 28 heavy (non-hydrogen) atoms. The molecule has 3 aromatic rings. The fourth-order valence-electron chi connectivity index (χ4n) is 4.07. The lowest BCUT2D eigenvalue weighted by Crippen LogP contribution is -2.28. The number of fused-ring (bicyclic) bond motifs is 1. The van der Waals surface area contributed by atoms with E-state index in [9.17, 15) is 0 Å². The van der Waals surface area contributed by atoms with E-state index in [-0.39, 0.29) is 11.5 Å². The Morgan fingerprint density at radius 1 is 1.14 bits per heavy atom. The van der Waals surface area contributed by atoms with Gasteiger partial charge in [0.15, 0.2) is 5.82 Å². The van der Waals surface area contributed by atoms with Gasteiger partial charge in [-0.15, -0.1) is 0 Å². The Kier molecular flexibility index (Phi) is 5.14. The molecule has 0 saturated carbocycles. The minimum atomic E-state index is 0.0284. The lowest BCUT2D eigenvalue weighted by Gasteiger charge is -2.37. The molecule has 0 spiro atoms. The number of nitrogens with zero attached hydrogens (tertiary/aromatic N) is 3. The summed E-state index contributed by atoms with van der Waals surface area (Å²) in [6, 6.07) is 16.5.